The van der Waals surface area contributed by atoms with Crippen molar-refractivity contribution in [3.05, 3.63) is 45.9 Å². The van der Waals surface area contributed by atoms with Crippen molar-refractivity contribution in [1.82, 2.24) is 15.1 Å². The van der Waals surface area contributed by atoms with Crippen molar-refractivity contribution in [2.75, 3.05) is 13.1 Å². The molecule has 1 aromatic heterocycles. The van der Waals surface area contributed by atoms with Gasteiger partial charge in [0, 0.05) is 24.9 Å². The highest BCUT2D eigenvalue weighted by Gasteiger charge is 2.32. The second-order valence-corrected chi connectivity index (χ2v) is 8.26. The summed E-state index contributed by atoms with van der Waals surface area (Å²) in [5.41, 5.74) is 1.13. The molecule has 1 aromatic carbocycles. The fourth-order valence-corrected chi connectivity index (χ4v) is 4.89. The van der Waals surface area contributed by atoms with E-state index in [1.165, 1.54) is 22.9 Å². The van der Waals surface area contributed by atoms with Gasteiger partial charge >= 0.3 is 0 Å². The van der Waals surface area contributed by atoms with Crippen LogP contribution in [0.2, 0.25) is 0 Å². The third kappa shape index (κ3) is 3.61. The number of rotatable bonds is 5. The molecule has 2 heterocycles. The van der Waals surface area contributed by atoms with Gasteiger partial charge in [-0.05, 0) is 37.7 Å². The van der Waals surface area contributed by atoms with E-state index < -0.39 is 0 Å². The van der Waals surface area contributed by atoms with Crippen molar-refractivity contribution >= 4 is 17.2 Å². The summed E-state index contributed by atoms with van der Waals surface area (Å²) < 4.78 is 0. The second-order valence-electron chi connectivity index (χ2n) is 7.22. The monoisotopic (exact) mass is 355 g/mol. The number of aromatic nitrogens is 2. The van der Waals surface area contributed by atoms with Crippen molar-refractivity contribution in [3.8, 4) is 0 Å². The first-order chi connectivity index (χ1) is 12.3. The first kappa shape index (κ1) is 16.7. The Morgan fingerprint density at radius 3 is 2.24 bits per heavy atom. The van der Waals surface area contributed by atoms with Gasteiger partial charge in [0.1, 0.15) is 10.0 Å². The van der Waals surface area contributed by atoms with Crippen LogP contribution in [0, 0.1) is 0 Å². The molecule has 1 saturated heterocycles. The average Bonchev–Trinajstić information content (AvgIpc) is 3.40. The molecule has 1 aliphatic heterocycles. The molecular formula is C20H25N3OS. The highest BCUT2D eigenvalue weighted by molar-refractivity contribution is 7.11. The minimum absolute atomic E-state index is 0.0132. The van der Waals surface area contributed by atoms with Crippen LogP contribution >= 0.6 is 11.3 Å². The van der Waals surface area contributed by atoms with Gasteiger partial charge in [-0.3, -0.25) is 4.79 Å². The average molecular weight is 356 g/mol. The molecule has 0 spiro atoms. The minimum Gasteiger partial charge on any atom is -0.342 e. The summed E-state index contributed by atoms with van der Waals surface area (Å²) in [4.78, 5) is 15.0. The molecule has 2 fully saturated rings. The van der Waals surface area contributed by atoms with Crippen LogP contribution in [0.1, 0.15) is 72.4 Å². The predicted molar refractivity (Wildman–Crippen MR) is 99.9 cm³/mol. The van der Waals surface area contributed by atoms with Gasteiger partial charge in [0.25, 0.3) is 0 Å². The molecule has 2 aliphatic rings. The lowest BCUT2D eigenvalue weighted by atomic mass is 9.92. The lowest BCUT2D eigenvalue weighted by Gasteiger charge is -2.33. The molecule has 1 atom stereocenters. The number of hydrogen-bond donors (Lipinski definition) is 0. The van der Waals surface area contributed by atoms with E-state index in [-0.39, 0.29) is 11.8 Å². The van der Waals surface area contributed by atoms with Crippen LogP contribution in [0.4, 0.5) is 0 Å². The SMILES string of the molecule is CCC(C(=O)N1CCC(c2nnc(C3CC3)s2)CC1)c1ccccc1. The van der Waals surface area contributed by atoms with Gasteiger partial charge in [0.05, 0.1) is 5.92 Å². The van der Waals surface area contributed by atoms with Gasteiger partial charge in [-0.25, -0.2) is 0 Å². The largest absolute Gasteiger partial charge is 0.342 e. The number of carbonyl (C=O) groups excluding carboxylic acids is 1. The molecule has 0 N–H and O–H groups in total. The van der Waals surface area contributed by atoms with E-state index in [4.69, 9.17) is 0 Å². The topological polar surface area (TPSA) is 46.1 Å². The van der Waals surface area contributed by atoms with Crippen molar-refractivity contribution in [2.45, 2.75) is 56.8 Å². The quantitative estimate of drug-likeness (QED) is 0.802. The van der Waals surface area contributed by atoms with Gasteiger partial charge in [-0.1, -0.05) is 37.3 Å². The first-order valence-corrected chi connectivity index (χ1v) is 10.2. The van der Waals surface area contributed by atoms with E-state index in [1.54, 1.807) is 11.3 Å². The van der Waals surface area contributed by atoms with Crippen LogP contribution in [0.25, 0.3) is 0 Å². The van der Waals surface area contributed by atoms with Gasteiger partial charge in [0.2, 0.25) is 5.91 Å². The van der Waals surface area contributed by atoms with Crippen LogP contribution in [-0.2, 0) is 4.79 Å². The molecule has 1 aliphatic carbocycles. The number of amides is 1. The van der Waals surface area contributed by atoms with E-state index in [2.05, 4.69) is 34.2 Å². The molecule has 1 unspecified atom stereocenters. The summed E-state index contributed by atoms with van der Waals surface area (Å²) in [5, 5.41) is 11.2. The Morgan fingerprint density at radius 1 is 1.08 bits per heavy atom. The van der Waals surface area contributed by atoms with Crippen molar-refractivity contribution in [3.63, 3.8) is 0 Å². The molecule has 1 amide bonds. The summed E-state index contributed by atoms with van der Waals surface area (Å²) in [6.07, 6.45) is 5.43. The number of piperidine rings is 1. The van der Waals surface area contributed by atoms with Gasteiger partial charge in [-0.15, -0.1) is 21.5 Å². The third-order valence-corrected chi connectivity index (χ3v) is 6.70. The van der Waals surface area contributed by atoms with Crippen molar-refractivity contribution in [2.24, 2.45) is 0 Å². The Hall–Kier alpha value is -1.75. The standard InChI is InChI=1S/C20H25N3OS/c1-2-17(14-6-4-3-5-7-14)20(24)23-12-10-16(11-13-23)19-22-21-18(25-19)15-8-9-15/h3-7,15-17H,2,8-13H2,1H3. The summed E-state index contributed by atoms with van der Waals surface area (Å²) >= 11 is 1.80. The van der Waals surface area contributed by atoms with E-state index >= 15 is 0 Å². The summed E-state index contributed by atoms with van der Waals surface area (Å²) in [5.74, 6) is 1.43. The van der Waals surface area contributed by atoms with Gasteiger partial charge < -0.3 is 4.90 Å². The smallest absolute Gasteiger partial charge is 0.230 e. The number of carbonyl (C=O) groups is 1. The van der Waals surface area contributed by atoms with Crippen LogP contribution in [-0.4, -0.2) is 34.1 Å². The maximum Gasteiger partial charge on any atom is 0.230 e. The zero-order chi connectivity index (χ0) is 17.2. The molecule has 5 heteroatoms. The maximum absolute atomic E-state index is 13.0. The minimum atomic E-state index is -0.0132. The lowest BCUT2D eigenvalue weighted by molar-refractivity contribution is -0.134. The van der Waals surface area contributed by atoms with Gasteiger partial charge in [-0.2, -0.15) is 0 Å². The summed E-state index contributed by atoms with van der Waals surface area (Å²) in [7, 11) is 0. The Morgan fingerprint density at radius 2 is 1.68 bits per heavy atom. The Balaban J connectivity index is 1.38. The van der Waals surface area contributed by atoms with Crippen LogP contribution in [0.15, 0.2) is 30.3 Å². The fourth-order valence-electron chi connectivity index (χ4n) is 3.71. The highest BCUT2D eigenvalue weighted by atomic mass is 32.1. The van der Waals surface area contributed by atoms with E-state index in [0.717, 1.165) is 37.9 Å². The number of nitrogens with zero attached hydrogens (tertiary/aromatic N) is 3. The van der Waals surface area contributed by atoms with Crippen molar-refractivity contribution < 1.29 is 4.79 Å². The molecule has 0 radical (unpaired) electrons. The van der Waals surface area contributed by atoms with E-state index in [0.29, 0.717) is 11.8 Å². The van der Waals surface area contributed by atoms with E-state index in [9.17, 15) is 4.79 Å². The number of likely N-dealkylation sites (tertiary alicyclic amines) is 1. The second kappa shape index (κ2) is 7.24. The molecule has 25 heavy (non-hydrogen) atoms. The Kier molecular flexibility index (Phi) is 4.84. The molecule has 4 nitrogen and oxygen atoms in total. The number of benzene rings is 1. The summed E-state index contributed by atoms with van der Waals surface area (Å²) in [6, 6.07) is 10.2. The molecular weight excluding hydrogens is 330 g/mol. The fraction of sp³-hybridized carbons (Fsp3) is 0.550. The van der Waals surface area contributed by atoms with Gasteiger partial charge in [0.15, 0.2) is 0 Å². The van der Waals surface area contributed by atoms with Crippen LogP contribution in [0.3, 0.4) is 0 Å². The van der Waals surface area contributed by atoms with Crippen LogP contribution in [0.5, 0.6) is 0 Å². The van der Waals surface area contributed by atoms with Crippen molar-refractivity contribution in [1.29, 1.82) is 0 Å². The van der Waals surface area contributed by atoms with E-state index in [1.807, 2.05) is 18.2 Å². The molecule has 0 bridgehead atoms. The van der Waals surface area contributed by atoms with Crippen LogP contribution < -0.4 is 0 Å². The normalized spacial score (nSPS) is 19.8. The Bertz CT molecular complexity index is 718. The maximum atomic E-state index is 13.0. The summed E-state index contributed by atoms with van der Waals surface area (Å²) in [6.45, 7) is 3.78. The highest BCUT2D eigenvalue weighted by Crippen LogP contribution is 2.43. The Labute approximate surface area is 153 Å². The molecule has 1 saturated carbocycles. The molecule has 2 aromatic rings. The zero-order valence-electron chi connectivity index (χ0n) is 14.7. The predicted octanol–water partition coefficient (Wildman–Crippen LogP) is 4.32. The number of hydrogen-bond acceptors (Lipinski definition) is 4. The molecule has 4 rings (SSSR count). The first-order valence-electron chi connectivity index (χ1n) is 9.43. The lowest BCUT2D eigenvalue weighted by Crippen LogP contribution is -2.40. The molecule has 132 valence electrons. The zero-order valence-corrected chi connectivity index (χ0v) is 15.5. The third-order valence-electron chi connectivity index (χ3n) is 5.45.